The van der Waals surface area contributed by atoms with Gasteiger partial charge in [-0.1, -0.05) is 29.4 Å². The number of nitrogens with zero attached hydrogens (tertiary/aromatic N) is 3. The van der Waals surface area contributed by atoms with E-state index in [2.05, 4.69) is 53.7 Å². The number of aromatic nitrogens is 3. The Bertz CT molecular complexity index is 1300. The van der Waals surface area contributed by atoms with Gasteiger partial charge in [-0.2, -0.15) is 4.98 Å². The third kappa shape index (κ3) is 5.14. The van der Waals surface area contributed by atoms with Crippen molar-refractivity contribution in [3.63, 3.8) is 0 Å². The van der Waals surface area contributed by atoms with E-state index < -0.39 is 0 Å². The Kier molecular flexibility index (Phi) is 5.95. The molecule has 8 nitrogen and oxygen atoms in total. The monoisotopic (exact) mass is 552 g/mol. The molecule has 2 aromatic heterocycles. The molecule has 3 N–H and O–H groups in total. The van der Waals surface area contributed by atoms with Crippen LogP contribution in [-0.4, -0.2) is 21.0 Å². The molecule has 33 heavy (non-hydrogen) atoms. The minimum atomic E-state index is 0.0632. The lowest BCUT2D eigenvalue weighted by Crippen LogP contribution is -2.14. The maximum Gasteiger partial charge on any atom is 0.229 e. The second-order valence-electron chi connectivity index (χ2n) is 7.85. The number of carbonyl (C=O) groups is 1. The van der Waals surface area contributed by atoms with Gasteiger partial charge in [0.25, 0.3) is 0 Å². The molecule has 0 atom stereocenters. The number of amides is 1. The van der Waals surface area contributed by atoms with Crippen LogP contribution in [0.5, 0.6) is 0 Å². The smallest absolute Gasteiger partial charge is 0.229 e. The molecule has 0 saturated heterocycles. The van der Waals surface area contributed by atoms with Gasteiger partial charge in [0.05, 0.1) is 14.9 Å². The molecule has 9 heteroatoms. The average molecular weight is 552 g/mol. The molecule has 1 fully saturated rings. The molecule has 5 rings (SSSR count). The third-order valence-corrected chi connectivity index (χ3v) is 5.98. The Morgan fingerprint density at radius 2 is 1.82 bits per heavy atom. The average Bonchev–Trinajstić information content (AvgIpc) is 3.59. The summed E-state index contributed by atoms with van der Waals surface area (Å²) in [4.78, 5) is 21.3. The van der Waals surface area contributed by atoms with E-state index in [4.69, 9.17) is 4.52 Å². The standard InChI is InChI=1S/C24H21IN6O2/c1-14-12-21(31-33-14)15-8-10-17(11-9-15)27-24-26-13-18(25)22(30-24)28-19-4-2-3-5-20(19)29-23(32)16-6-7-16/h2-5,8-13,16H,6-7H2,1H3,(H,29,32)(H2,26,27,28,30). The van der Waals surface area contributed by atoms with Crippen LogP contribution in [0.1, 0.15) is 18.6 Å². The quantitative estimate of drug-likeness (QED) is 0.246. The molecular weight excluding hydrogens is 531 g/mol. The summed E-state index contributed by atoms with van der Waals surface area (Å²) in [5.41, 5.74) is 4.12. The van der Waals surface area contributed by atoms with Gasteiger partial charge in [-0.3, -0.25) is 4.79 Å². The number of rotatable bonds is 7. The largest absolute Gasteiger partial charge is 0.361 e. The molecule has 2 aromatic carbocycles. The summed E-state index contributed by atoms with van der Waals surface area (Å²) < 4.78 is 6.01. The van der Waals surface area contributed by atoms with Gasteiger partial charge >= 0.3 is 0 Å². The Hall–Kier alpha value is -3.47. The summed E-state index contributed by atoms with van der Waals surface area (Å²) in [6.45, 7) is 1.87. The van der Waals surface area contributed by atoms with Crippen LogP contribution >= 0.6 is 22.6 Å². The number of anilines is 5. The van der Waals surface area contributed by atoms with E-state index in [0.717, 1.165) is 50.5 Å². The van der Waals surface area contributed by atoms with Crippen molar-refractivity contribution in [2.24, 2.45) is 5.92 Å². The van der Waals surface area contributed by atoms with Crippen molar-refractivity contribution < 1.29 is 9.32 Å². The van der Waals surface area contributed by atoms with Crippen molar-refractivity contribution in [2.75, 3.05) is 16.0 Å². The molecule has 0 radical (unpaired) electrons. The van der Waals surface area contributed by atoms with Gasteiger partial charge < -0.3 is 20.5 Å². The lowest BCUT2D eigenvalue weighted by atomic mass is 10.1. The van der Waals surface area contributed by atoms with Gasteiger partial charge in [0.15, 0.2) is 0 Å². The number of benzene rings is 2. The first kappa shape index (κ1) is 21.4. The molecule has 1 aliphatic rings. The topological polar surface area (TPSA) is 105 Å². The number of hydrogen-bond acceptors (Lipinski definition) is 7. The molecular formula is C24H21IN6O2. The van der Waals surface area contributed by atoms with Crippen molar-refractivity contribution in [1.29, 1.82) is 0 Å². The maximum absolute atomic E-state index is 12.2. The van der Waals surface area contributed by atoms with E-state index in [1.165, 1.54) is 0 Å². The van der Waals surface area contributed by atoms with Crippen molar-refractivity contribution in [1.82, 2.24) is 15.1 Å². The molecule has 166 valence electrons. The predicted octanol–water partition coefficient (Wildman–Crippen LogP) is 5.88. The van der Waals surface area contributed by atoms with Crippen LogP contribution in [0.4, 0.5) is 28.8 Å². The van der Waals surface area contributed by atoms with E-state index in [1.54, 1.807) is 6.20 Å². The molecule has 1 aliphatic carbocycles. The number of carbonyl (C=O) groups excluding carboxylic acids is 1. The fraction of sp³-hybridized carbons (Fsp3) is 0.167. The van der Waals surface area contributed by atoms with E-state index in [1.807, 2.05) is 61.5 Å². The van der Waals surface area contributed by atoms with Crippen molar-refractivity contribution in [3.05, 3.63) is 70.1 Å². The van der Waals surface area contributed by atoms with Gasteiger partial charge in [0.2, 0.25) is 11.9 Å². The molecule has 4 aromatic rings. The van der Waals surface area contributed by atoms with E-state index in [-0.39, 0.29) is 11.8 Å². The van der Waals surface area contributed by atoms with Crippen LogP contribution in [0.2, 0.25) is 0 Å². The van der Waals surface area contributed by atoms with Crippen LogP contribution in [0.15, 0.2) is 65.3 Å². The molecule has 0 spiro atoms. The van der Waals surface area contributed by atoms with Crippen LogP contribution in [0, 0.1) is 16.4 Å². The van der Waals surface area contributed by atoms with E-state index >= 15 is 0 Å². The summed E-state index contributed by atoms with van der Waals surface area (Å²) in [6.07, 6.45) is 3.66. The Labute approximate surface area is 204 Å². The molecule has 1 amide bonds. The van der Waals surface area contributed by atoms with Crippen LogP contribution in [0.25, 0.3) is 11.3 Å². The minimum Gasteiger partial charge on any atom is -0.361 e. The van der Waals surface area contributed by atoms with Crippen molar-refractivity contribution >= 4 is 57.3 Å². The first-order valence-corrected chi connectivity index (χ1v) is 11.6. The summed E-state index contributed by atoms with van der Waals surface area (Å²) in [5.74, 6) is 2.08. The highest BCUT2D eigenvalue weighted by atomic mass is 127. The molecule has 2 heterocycles. The second-order valence-corrected chi connectivity index (χ2v) is 9.01. The molecule has 0 unspecified atom stereocenters. The maximum atomic E-state index is 12.2. The zero-order valence-electron chi connectivity index (χ0n) is 17.8. The molecule has 0 aliphatic heterocycles. The van der Waals surface area contributed by atoms with Crippen LogP contribution in [0.3, 0.4) is 0 Å². The van der Waals surface area contributed by atoms with Gasteiger partial charge in [0.1, 0.15) is 17.3 Å². The predicted molar refractivity (Wildman–Crippen MR) is 136 cm³/mol. The Morgan fingerprint density at radius 3 is 2.52 bits per heavy atom. The summed E-state index contributed by atoms with van der Waals surface area (Å²) in [6, 6.07) is 17.3. The van der Waals surface area contributed by atoms with Gasteiger partial charge in [0, 0.05) is 29.4 Å². The third-order valence-electron chi connectivity index (χ3n) is 5.20. The summed E-state index contributed by atoms with van der Waals surface area (Å²) >= 11 is 2.19. The van der Waals surface area contributed by atoms with Crippen molar-refractivity contribution in [3.8, 4) is 11.3 Å². The van der Waals surface area contributed by atoms with Gasteiger partial charge in [-0.25, -0.2) is 4.98 Å². The number of hydrogen-bond donors (Lipinski definition) is 3. The zero-order chi connectivity index (χ0) is 22.8. The number of para-hydroxylation sites is 2. The van der Waals surface area contributed by atoms with Gasteiger partial charge in [-0.15, -0.1) is 0 Å². The fourth-order valence-electron chi connectivity index (χ4n) is 3.28. The summed E-state index contributed by atoms with van der Waals surface area (Å²) in [7, 11) is 0. The van der Waals surface area contributed by atoms with Crippen LogP contribution < -0.4 is 16.0 Å². The summed E-state index contributed by atoms with van der Waals surface area (Å²) in [5, 5.41) is 13.6. The van der Waals surface area contributed by atoms with E-state index in [0.29, 0.717) is 11.8 Å². The number of aryl methyl sites for hydroxylation is 1. The first-order chi connectivity index (χ1) is 16.0. The van der Waals surface area contributed by atoms with Crippen LogP contribution in [-0.2, 0) is 4.79 Å². The second kappa shape index (κ2) is 9.18. The Morgan fingerprint density at radius 1 is 1.06 bits per heavy atom. The first-order valence-electron chi connectivity index (χ1n) is 10.6. The molecule has 0 bridgehead atoms. The fourth-order valence-corrected chi connectivity index (χ4v) is 3.67. The lowest BCUT2D eigenvalue weighted by molar-refractivity contribution is -0.117. The number of nitrogens with one attached hydrogen (secondary N) is 3. The SMILES string of the molecule is Cc1cc(-c2ccc(Nc3ncc(I)c(Nc4ccccc4NC(=O)C4CC4)n3)cc2)no1. The molecule has 1 saturated carbocycles. The van der Waals surface area contributed by atoms with Crippen molar-refractivity contribution in [2.45, 2.75) is 19.8 Å². The van der Waals surface area contributed by atoms with E-state index in [9.17, 15) is 4.79 Å². The number of halogens is 1. The van der Waals surface area contributed by atoms with Gasteiger partial charge in [-0.05, 0) is 66.6 Å². The Balaban J connectivity index is 1.32. The lowest BCUT2D eigenvalue weighted by Gasteiger charge is -2.14. The highest BCUT2D eigenvalue weighted by Gasteiger charge is 2.30. The highest BCUT2D eigenvalue weighted by Crippen LogP contribution is 2.33. The highest BCUT2D eigenvalue weighted by molar-refractivity contribution is 14.1. The normalized spacial score (nSPS) is 12.9. The zero-order valence-corrected chi connectivity index (χ0v) is 20.0. The minimum absolute atomic E-state index is 0.0632.